The Morgan fingerprint density at radius 2 is 1.89 bits per heavy atom. The van der Waals surface area contributed by atoms with Crippen LogP contribution in [0.3, 0.4) is 0 Å². The maximum atomic E-state index is 13.4. The van der Waals surface area contributed by atoms with Gasteiger partial charge in [0.05, 0.1) is 28.9 Å². The molecule has 10 heteroatoms. The van der Waals surface area contributed by atoms with Crippen LogP contribution in [0.4, 0.5) is 5.69 Å². The third-order valence-corrected chi connectivity index (χ3v) is 6.75. The van der Waals surface area contributed by atoms with Crippen molar-refractivity contribution < 1.29 is 22.7 Å². The average Bonchev–Trinajstić information content (AvgIpc) is 2.86. The van der Waals surface area contributed by atoms with Crippen LogP contribution in [0.15, 0.2) is 95.4 Å². The zero-order valence-corrected chi connectivity index (χ0v) is 20.5. The average molecular weight is 514 g/mol. The summed E-state index contributed by atoms with van der Waals surface area (Å²) < 4.78 is 38.3. The number of methoxy groups -OCH3 is 1. The van der Waals surface area contributed by atoms with Crippen LogP contribution in [0, 0.1) is 0 Å². The zero-order valence-electron chi connectivity index (χ0n) is 18.9. The van der Waals surface area contributed by atoms with Crippen molar-refractivity contribution in [3.63, 3.8) is 0 Å². The van der Waals surface area contributed by atoms with Gasteiger partial charge in [0.25, 0.3) is 15.9 Å². The van der Waals surface area contributed by atoms with E-state index in [1.54, 1.807) is 48.5 Å². The minimum absolute atomic E-state index is 0.0274. The predicted molar refractivity (Wildman–Crippen MR) is 137 cm³/mol. The van der Waals surface area contributed by atoms with Crippen molar-refractivity contribution in [2.75, 3.05) is 24.6 Å². The van der Waals surface area contributed by atoms with Crippen LogP contribution in [-0.2, 0) is 14.8 Å². The van der Waals surface area contributed by atoms with Crippen molar-refractivity contribution in [1.82, 2.24) is 5.43 Å². The highest BCUT2D eigenvalue weighted by molar-refractivity contribution is 7.92. The normalized spacial score (nSPS) is 11.1. The maximum Gasteiger partial charge on any atom is 0.264 e. The first-order chi connectivity index (χ1) is 16.8. The Balaban J connectivity index is 1.81. The number of halogens is 1. The van der Waals surface area contributed by atoms with Crippen LogP contribution < -0.4 is 19.2 Å². The Labute approximate surface area is 209 Å². The Morgan fingerprint density at radius 1 is 1.11 bits per heavy atom. The predicted octanol–water partition coefficient (Wildman–Crippen LogP) is 4.26. The first-order valence-corrected chi connectivity index (χ1v) is 12.2. The molecule has 3 aromatic rings. The first kappa shape index (κ1) is 25.8. The van der Waals surface area contributed by atoms with Gasteiger partial charge in [-0.25, -0.2) is 13.8 Å². The lowest BCUT2D eigenvalue weighted by Crippen LogP contribution is -2.39. The second kappa shape index (κ2) is 12.0. The summed E-state index contributed by atoms with van der Waals surface area (Å²) in [6, 6.07) is 19.3. The molecule has 35 heavy (non-hydrogen) atoms. The van der Waals surface area contributed by atoms with Crippen molar-refractivity contribution in [3.05, 3.63) is 96.0 Å². The van der Waals surface area contributed by atoms with Gasteiger partial charge in [-0.3, -0.25) is 9.10 Å². The van der Waals surface area contributed by atoms with Crippen LogP contribution in [-0.4, -0.2) is 40.8 Å². The number of rotatable bonds is 11. The summed E-state index contributed by atoms with van der Waals surface area (Å²) in [6.45, 7) is 3.43. The lowest BCUT2D eigenvalue weighted by molar-refractivity contribution is -0.119. The summed E-state index contributed by atoms with van der Waals surface area (Å²) in [7, 11) is -2.63. The van der Waals surface area contributed by atoms with Crippen molar-refractivity contribution in [2.24, 2.45) is 5.10 Å². The lowest BCUT2D eigenvalue weighted by atomic mass is 10.2. The number of ether oxygens (including phenoxy) is 2. The first-order valence-electron chi connectivity index (χ1n) is 10.4. The van der Waals surface area contributed by atoms with E-state index < -0.39 is 22.5 Å². The fraction of sp³-hybridized carbons (Fsp3) is 0.120. The van der Waals surface area contributed by atoms with E-state index in [2.05, 4.69) is 17.1 Å². The van der Waals surface area contributed by atoms with Gasteiger partial charge in [-0.1, -0.05) is 54.6 Å². The third-order valence-electron chi connectivity index (χ3n) is 4.67. The van der Waals surface area contributed by atoms with Crippen LogP contribution in [0.25, 0.3) is 0 Å². The summed E-state index contributed by atoms with van der Waals surface area (Å²) in [6.07, 6.45) is 3.06. The van der Waals surface area contributed by atoms with Gasteiger partial charge in [0.1, 0.15) is 24.7 Å². The highest BCUT2D eigenvalue weighted by Crippen LogP contribution is 2.31. The molecule has 0 unspecified atom stereocenters. The minimum Gasteiger partial charge on any atom is -0.495 e. The van der Waals surface area contributed by atoms with Crippen LogP contribution in [0.5, 0.6) is 11.5 Å². The third kappa shape index (κ3) is 6.84. The van der Waals surface area contributed by atoms with E-state index in [0.717, 1.165) is 4.31 Å². The molecule has 1 N–H and O–H groups in total. The number of benzene rings is 3. The molecule has 0 heterocycles. The summed E-state index contributed by atoms with van der Waals surface area (Å²) in [4.78, 5) is 12.7. The summed E-state index contributed by atoms with van der Waals surface area (Å²) in [5.74, 6) is 0.351. The second-order valence-corrected chi connectivity index (χ2v) is 9.38. The number of carbonyl (C=O) groups is 1. The van der Waals surface area contributed by atoms with E-state index in [-0.39, 0.29) is 15.6 Å². The molecule has 0 atom stereocenters. The van der Waals surface area contributed by atoms with Crippen molar-refractivity contribution in [2.45, 2.75) is 4.90 Å². The van der Waals surface area contributed by atoms with E-state index in [1.807, 2.05) is 0 Å². The zero-order chi connectivity index (χ0) is 25.3. The van der Waals surface area contributed by atoms with Gasteiger partial charge in [-0.15, -0.1) is 0 Å². The molecule has 0 aromatic heterocycles. The molecular formula is C25H24ClN3O5S. The van der Waals surface area contributed by atoms with Crippen molar-refractivity contribution >= 4 is 39.4 Å². The fourth-order valence-corrected chi connectivity index (χ4v) is 4.72. The number of carbonyl (C=O) groups excluding carboxylic acids is 1. The Hall–Kier alpha value is -3.82. The standard InChI is InChI=1S/C25H24ClN3O5S/c1-3-14-34-21-9-7-8-19(15-21)17-27-28-25(30)18-29(20-12-13-24(33-2)23(26)16-20)35(31,32)22-10-5-4-6-11-22/h3-13,15-17H,1,14,18H2,2H3,(H,28,30)/b27-17-. The van der Waals surface area contributed by atoms with Crippen molar-refractivity contribution in [3.8, 4) is 11.5 Å². The van der Waals surface area contributed by atoms with Gasteiger partial charge in [0, 0.05) is 0 Å². The molecular weight excluding hydrogens is 490 g/mol. The molecule has 0 aliphatic heterocycles. The molecule has 0 saturated heterocycles. The molecule has 8 nitrogen and oxygen atoms in total. The summed E-state index contributed by atoms with van der Waals surface area (Å²) in [5.41, 5.74) is 3.25. The van der Waals surface area contributed by atoms with Gasteiger partial charge in [-0.05, 0) is 48.0 Å². The Kier molecular flexibility index (Phi) is 8.88. The molecule has 0 aliphatic carbocycles. The van der Waals surface area contributed by atoms with Crippen molar-refractivity contribution in [1.29, 1.82) is 0 Å². The molecule has 1 amide bonds. The number of sulfonamides is 1. The SMILES string of the molecule is C=CCOc1cccc(/C=N\NC(=O)CN(c2ccc(OC)c(Cl)c2)S(=O)(=O)c2ccccc2)c1. The number of nitrogens with zero attached hydrogens (tertiary/aromatic N) is 2. The van der Waals surface area contributed by atoms with E-state index in [4.69, 9.17) is 21.1 Å². The van der Waals surface area contributed by atoms with Crippen LogP contribution in [0.2, 0.25) is 5.02 Å². The van der Waals surface area contributed by atoms with Gasteiger partial charge >= 0.3 is 0 Å². The second-order valence-electron chi connectivity index (χ2n) is 7.11. The number of nitrogens with one attached hydrogen (secondary N) is 1. The van der Waals surface area contributed by atoms with E-state index >= 15 is 0 Å². The highest BCUT2D eigenvalue weighted by atomic mass is 35.5. The number of anilines is 1. The fourth-order valence-electron chi connectivity index (χ4n) is 3.03. The van der Waals surface area contributed by atoms with E-state index in [9.17, 15) is 13.2 Å². The van der Waals surface area contributed by atoms with E-state index in [0.29, 0.717) is 23.7 Å². The lowest BCUT2D eigenvalue weighted by Gasteiger charge is -2.24. The van der Waals surface area contributed by atoms with Crippen LogP contribution >= 0.6 is 11.6 Å². The summed E-state index contributed by atoms with van der Waals surface area (Å²) in [5, 5.41) is 4.15. The maximum absolute atomic E-state index is 13.4. The van der Waals surface area contributed by atoms with Gasteiger partial charge in [-0.2, -0.15) is 5.10 Å². The number of amides is 1. The molecule has 0 saturated carbocycles. The molecule has 0 bridgehead atoms. The number of hydrogen-bond donors (Lipinski definition) is 1. The molecule has 0 aliphatic rings. The molecule has 0 spiro atoms. The van der Waals surface area contributed by atoms with Gasteiger partial charge < -0.3 is 9.47 Å². The highest BCUT2D eigenvalue weighted by Gasteiger charge is 2.27. The minimum atomic E-state index is -4.08. The molecule has 0 fully saturated rings. The molecule has 3 rings (SSSR count). The van der Waals surface area contributed by atoms with Gasteiger partial charge in [0.15, 0.2) is 0 Å². The smallest absolute Gasteiger partial charge is 0.264 e. The molecule has 182 valence electrons. The Bertz CT molecular complexity index is 1310. The number of hydrazone groups is 1. The Morgan fingerprint density at radius 3 is 2.57 bits per heavy atom. The monoisotopic (exact) mass is 513 g/mol. The van der Waals surface area contributed by atoms with Gasteiger partial charge in [0.2, 0.25) is 0 Å². The topological polar surface area (TPSA) is 97.3 Å². The van der Waals surface area contributed by atoms with Crippen LogP contribution in [0.1, 0.15) is 5.56 Å². The summed E-state index contributed by atoms with van der Waals surface area (Å²) >= 11 is 6.22. The largest absolute Gasteiger partial charge is 0.495 e. The number of hydrogen-bond acceptors (Lipinski definition) is 6. The molecule has 3 aromatic carbocycles. The molecule has 0 radical (unpaired) electrons. The van der Waals surface area contributed by atoms with E-state index in [1.165, 1.54) is 43.7 Å². The quantitative estimate of drug-likeness (QED) is 0.235.